The molecule has 1 aromatic carbocycles. The van der Waals surface area contributed by atoms with Crippen LogP contribution in [-0.4, -0.2) is 34.1 Å². The fourth-order valence-electron chi connectivity index (χ4n) is 1.40. The lowest BCUT2D eigenvalue weighted by Gasteiger charge is -2.12. The number of ether oxygens (including phenoxy) is 2. The first-order valence-corrected chi connectivity index (χ1v) is 7.65. The number of hydrogen-bond acceptors (Lipinski definition) is 5. The average molecular weight is 322 g/mol. The van der Waals surface area contributed by atoms with Gasteiger partial charge in [0, 0.05) is 5.02 Å². The van der Waals surface area contributed by atoms with Crippen molar-refractivity contribution in [2.75, 3.05) is 13.7 Å². The maximum Gasteiger partial charge on any atom is 0.321 e. The second kappa shape index (κ2) is 6.92. The summed E-state index contributed by atoms with van der Waals surface area (Å²) in [5, 5.41) is 0.246. The van der Waals surface area contributed by atoms with Crippen LogP contribution in [0.3, 0.4) is 0 Å². The summed E-state index contributed by atoms with van der Waals surface area (Å²) < 4.78 is 36.1. The number of hydrogen-bond donors (Lipinski definition) is 1. The number of halogens is 1. The summed E-state index contributed by atoms with van der Waals surface area (Å²) in [6.45, 7) is 2.88. The van der Waals surface area contributed by atoms with Gasteiger partial charge in [0.1, 0.15) is 17.2 Å². The van der Waals surface area contributed by atoms with Crippen LogP contribution in [0, 0.1) is 0 Å². The van der Waals surface area contributed by atoms with Gasteiger partial charge in [-0.1, -0.05) is 11.6 Å². The molecular formula is C12H16ClNO5S. The lowest BCUT2D eigenvalue weighted by Crippen LogP contribution is -2.32. The summed E-state index contributed by atoms with van der Waals surface area (Å²) >= 11 is 5.77. The number of carbonyl (C=O) groups excluding carboxylic acids is 1. The molecule has 0 radical (unpaired) electrons. The predicted molar refractivity (Wildman–Crippen MR) is 74.4 cm³/mol. The maximum atomic E-state index is 12.1. The zero-order valence-electron chi connectivity index (χ0n) is 11.3. The van der Waals surface area contributed by atoms with Gasteiger partial charge in [0.15, 0.2) is 0 Å². The highest BCUT2D eigenvalue weighted by Crippen LogP contribution is 2.26. The third-order valence-corrected chi connectivity index (χ3v) is 3.85. The molecule has 0 aromatic heterocycles. The minimum Gasteiger partial charge on any atom is -0.495 e. The smallest absolute Gasteiger partial charge is 0.321 e. The molecule has 8 heteroatoms. The van der Waals surface area contributed by atoms with E-state index in [0.29, 0.717) is 0 Å². The summed E-state index contributed by atoms with van der Waals surface area (Å²) in [6.07, 6.45) is -0.312. The molecule has 0 fully saturated rings. The molecule has 0 spiro atoms. The van der Waals surface area contributed by atoms with E-state index in [0.717, 1.165) is 0 Å². The Balaban J connectivity index is 2.89. The highest BCUT2D eigenvalue weighted by Gasteiger charge is 2.21. The van der Waals surface area contributed by atoms with E-state index in [2.05, 4.69) is 4.72 Å². The van der Waals surface area contributed by atoms with Gasteiger partial charge in [-0.2, -0.15) is 4.72 Å². The molecule has 0 bridgehead atoms. The number of esters is 1. The Labute approximate surface area is 123 Å². The van der Waals surface area contributed by atoms with Crippen molar-refractivity contribution in [2.24, 2.45) is 0 Å². The van der Waals surface area contributed by atoms with Gasteiger partial charge in [-0.3, -0.25) is 4.79 Å². The molecule has 6 nitrogen and oxygen atoms in total. The standard InChI is InChI=1S/C12H16ClNO5S/c1-8(2)19-12(15)7-14-20(16,17)11-6-9(13)4-5-10(11)18-3/h4-6,8,14H,7H2,1-3H3. The van der Waals surface area contributed by atoms with Crippen molar-refractivity contribution >= 4 is 27.6 Å². The van der Waals surface area contributed by atoms with E-state index in [1.807, 2.05) is 0 Å². The van der Waals surface area contributed by atoms with Crippen molar-refractivity contribution in [3.63, 3.8) is 0 Å². The average Bonchev–Trinajstić information content (AvgIpc) is 2.36. The predicted octanol–water partition coefficient (Wildman–Crippen LogP) is 1.58. The van der Waals surface area contributed by atoms with E-state index in [1.165, 1.54) is 25.3 Å². The number of nitrogens with one attached hydrogen (secondary N) is 1. The maximum absolute atomic E-state index is 12.1. The molecule has 1 N–H and O–H groups in total. The Bertz CT molecular complexity index is 586. The van der Waals surface area contributed by atoms with Crippen LogP contribution < -0.4 is 9.46 Å². The Morgan fingerprint density at radius 3 is 2.60 bits per heavy atom. The van der Waals surface area contributed by atoms with Gasteiger partial charge in [0.2, 0.25) is 10.0 Å². The van der Waals surface area contributed by atoms with Crippen molar-refractivity contribution in [3.8, 4) is 5.75 Å². The highest BCUT2D eigenvalue weighted by atomic mass is 35.5. The lowest BCUT2D eigenvalue weighted by molar-refractivity contribution is -0.145. The number of carbonyl (C=O) groups is 1. The molecule has 0 amide bonds. The first kappa shape index (κ1) is 16.7. The summed E-state index contributed by atoms with van der Waals surface area (Å²) in [6, 6.07) is 4.19. The van der Waals surface area contributed by atoms with Crippen molar-refractivity contribution in [3.05, 3.63) is 23.2 Å². The SMILES string of the molecule is COc1ccc(Cl)cc1S(=O)(=O)NCC(=O)OC(C)C. The summed E-state index contributed by atoms with van der Waals surface area (Å²) in [5.41, 5.74) is 0. The van der Waals surface area contributed by atoms with Crippen LogP contribution >= 0.6 is 11.6 Å². The number of benzene rings is 1. The van der Waals surface area contributed by atoms with E-state index in [9.17, 15) is 13.2 Å². The summed E-state index contributed by atoms with van der Waals surface area (Å²) in [7, 11) is -2.57. The van der Waals surface area contributed by atoms with Crippen molar-refractivity contribution < 1.29 is 22.7 Å². The molecule has 20 heavy (non-hydrogen) atoms. The molecule has 0 saturated heterocycles. The largest absolute Gasteiger partial charge is 0.495 e. The highest BCUT2D eigenvalue weighted by molar-refractivity contribution is 7.89. The van der Waals surface area contributed by atoms with E-state index < -0.39 is 22.5 Å². The van der Waals surface area contributed by atoms with Crippen LogP contribution in [0.25, 0.3) is 0 Å². The van der Waals surface area contributed by atoms with Crippen LogP contribution in [0.4, 0.5) is 0 Å². The van der Waals surface area contributed by atoms with Crippen LogP contribution in [0.1, 0.15) is 13.8 Å². The Kier molecular flexibility index (Phi) is 5.79. The molecule has 0 aliphatic heterocycles. The van der Waals surface area contributed by atoms with E-state index in [4.69, 9.17) is 21.1 Å². The molecule has 1 rings (SSSR count). The van der Waals surface area contributed by atoms with Crippen LogP contribution in [0.15, 0.2) is 23.1 Å². The molecule has 0 heterocycles. The molecule has 112 valence electrons. The van der Waals surface area contributed by atoms with Gasteiger partial charge >= 0.3 is 5.97 Å². The first-order valence-electron chi connectivity index (χ1n) is 5.79. The Hall–Kier alpha value is -1.31. The number of rotatable bonds is 6. The second-order valence-corrected chi connectivity index (χ2v) is 6.33. The van der Waals surface area contributed by atoms with Crippen molar-refractivity contribution in [2.45, 2.75) is 24.8 Å². The quantitative estimate of drug-likeness (QED) is 0.804. The first-order chi connectivity index (χ1) is 9.26. The van der Waals surface area contributed by atoms with E-state index >= 15 is 0 Å². The van der Waals surface area contributed by atoms with Crippen LogP contribution in [0.5, 0.6) is 5.75 Å². The minimum absolute atomic E-state index is 0.134. The lowest BCUT2D eigenvalue weighted by atomic mass is 10.3. The normalized spacial score (nSPS) is 11.4. The number of sulfonamides is 1. The third kappa shape index (κ3) is 4.66. The van der Waals surface area contributed by atoms with Gasteiger partial charge in [-0.25, -0.2) is 8.42 Å². The van der Waals surface area contributed by atoms with Crippen molar-refractivity contribution in [1.29, 1.82) is 0 Å². The molecule has 0 aliphatic carbocycles. The van der Waals surface area contributed by atoms with Gasteiger partial charge in [-0.05, 0) is 32.0 Å². The number of methoxy groups -OCH3 is 1. The molecule has 1 aromatic rings. The third-order valence-electron chi connectivity index (χ3n) is 2.19. The second-order valence-electron chi connectivity index (χ2n) is 4.16. The molecule has 0 saturated carbocycles. The molecule has 0 unspecified atom stereocenters. The Morgan fingerprint density at radius 2 is 2.05 bits per heavy atom. The zero-order chi connectivity index (χ0) is 15.3. The van der Waals surface area contributed by atoms with Gasteiger partial charge in [-0.15, -0.1) is 0 Å². The summed E-state index contributed by atoms with van der Waals surface area (Å²) in [4.78, 5) is 11.2. The van der Waals surface area contributed by atoms with E-state index in [1.54, 1.807) is 13.8 Å². The monoisotopic (exact) mass is 321 g/mol. The topological polar surface area (TPSA) is 81.7 Å². The van der Waals surface area contributed by atoms with Gasteiger partial charge < -0.3 is 9.47 Å². The van der Waals surface area contributed by atoms with Gasteiger partial charge in [0.25, 0.3) is 0 Å². The summed E-state index contributed by atoms with van der Waals surface area (Å²) in [5.74, 6) is -0.524. The minimum atomic E-state index is -3.92. The fraction of sp³-hybridized carbons (Fsp3) is 0.417. The van der Waals surface area contributed by atoms with Gasteiger partial charge in [0.05, 0.1) is 13.2 Å². The van der Waals surface area contributed by atoms with Crippen molar-refractivity contribution in [1.82, 2.24) is 4.72 Å². The molecule has 0 aliphatic rings. The van der Waals surface area contributed by atoms with Crippen LogP contribution in [-0.2, 0) is 19.6 Å². The Morgan fingerprint density at radius 1 is 1.40 bits per heavy atom. The molecular weight excluding hydrogens is 306 g/mol. The fourth-order valence-corrected chi connectivity index (χ4v) is 2.80. The zero-order valence-corrected chi connectivity index (χ0v) is 12.9. The van der Waals surface area contributed by atoms with Crippen LogP contribution in [0.2, 0.25) is 5.02 Å². The molecule has 0 atom stereocenters. The van der Waals surface area contributed by atoms with E-state index in [-0.39, 0.29) is 21.8 Å².